The van der Waals surface area contributed by atoms with Gasteiger partial charge in [-0.1, -0.05) is 31.5 Å². The first-order valence-electron chi connectivity index (χ1n) is 6.38. The van der Waals surface area contributed by atoms with Crippen LogP contribution in [0.4, 0.5) is 0 Å². The van der Waals surface area contributed by atoms with Gasteiger partial charge in [-0.15, -0.1) is 11.6 Å². The summed E-state index contributed by atoms with van der Waals surface area (Å²) in [5, 5.41) is 0. The van der Waals surface area contributed by atoms with E-state index in [1.165, 1.54) is 11.1 Å². The number of aryl methyl sites for hydroxylation is 1. The van der Waals surface area contributed by atoms with E-state index in [0.717, 1.165) is 25.0 Å². The van der Waals surface area contributed by atoms with Crippen molar-refractivity contribution in [1.29, 1.82) is 0 Å². The van der Waals surface area contributed by atoms with E-state index in [1.807, 2.05) is 0 Å². The zero-order valence-electron chi connectivity index (χ0n) is 10.9. The molecule has 2 heteroatoms. The molecular formula is C15H21ClO. The summed E-state index contributed by atoms with van der Waals surface area (Å²) in [6.07, 6.45) is 3.48. The highest BCUT2D eigenvalue weighted by atomic mass is 35.5. The predicted octanol–water partition coefficient (Wildman–Crippen LogP) is 4.34. The number of hydrogen-bond acceptors (Lipinski definition) is 1. The average Bonchev–Trinajstić information content (AvgIpc) is 2.70. The Morgan fingerprint density at radius 2 is 2.24 bits per heavy atom. The molecule has 0 aromatic heterocycles. The van der Waals surface area contributed by atoms with Crippen molar-refractivity contribution in [2.75, 3.05) is 5.88 Å². The molecule has 94 valence electrons. The third-order valence-electron chi connectivity index (χ3n) is 3.85. The standard InChI is InChI=1S/C15H21ClO/c1-4-15(3,10-16)9-13-8-12-7-11(2)5-6-14(12)17-13/h5-7,13H,4,8-10H2,1-3H3. The van der Waals surface area contributed by atoms with Gasteiger partial charge in [-0.05, 0) is 36.8 Å². The first-order chi connectivity index (χ1) is 8.06. The van der Waals surface area contributed by atoms with Gasteiger partial charge in [-0.25, -0.2) is 0 Å². The fraction of sp³-hybridized carbons (Fsp3) is 0.600. The van der Waals surface area contributed by atoms with Gasteiger partial charge in [0.25, 0.3) is 0 Å². The average molecular weight is 253 g/mol. The van der Waals surface area contributed by atoms with Crippen LogP contribution < -0.4 is 4.74 Å². The molecule has 0 fully saturated rings. The molecule has 0 spiro atoms. The van der Waals surface area contributed by atoms with Crippen LogP contribution in [0.1, 0.15) is 37.8 Å². The molecule has 2 rings (SSSR count). The Kier molecular flexibility index (Phi) is 3.67. The molecule has 0 aliphatic carbocycles. The van der Waals surface area contributed by atoms with Crippen LogP contribution in [-0.2, 0) is 6.42 Å². The van der Waals surface area contributed by atoms with Crippen LogP contribution in [0.15, 0.2) is 18.2 Å². The molecule has 2 unspecified atom stereocenters. The molecule has 2 atom stereocenters. The third kappa shape index (κ3) is 2.77. The molecule has 0 amide bonds. The smallest absolute Gasteiger partial charge is 0.123 e. The molecule has 1 aromatic rings. The van der Waals surface area contributed by atoms with Crippen molar-refractivity contribution in [2.45, 2.75) is 46.1 Å². The van der Waals surface area contributed by atoms with E-state index in [4.69, 9.17) is 16.3 Å². The molecule has 1 aliphatic heterocycles. The maximum atomic E-state index is 6.07. The summed E-state index contributed by atoms with van der Waals surface area (Å²) in [5.41, 5.74) is 2.86. The van der Waals surface area contributed by atoms with E-state index in [1.54, 1.807) is 0 Å². The van der Waals surface area contributed by atoms with Crippen molar-refractivity contribution in [2.24, 2.45) is 5.41 Å². The lowest BCUT2D eigenvalue weighted by Crippen LogP contribution is -2.27. The molecule has 1 heterocycles. The largest absolute Gasteiger partial charge is 0.490 e. The van der Waals surface area contributed by atoms with Crippen LogP contribution in [0.3, 0.4) is 0 Å². The molecule has 0 radical (unpaired) electrons. The highest BCUT2D eigenvalue weighted by Gasteiger charge is 2.31. The fourth-order valence-corrected chi connectivity index (χ4v) is 2.70. The summed E-state index contributed by atoms with van der Waals surface area (Å²) in [6.45, 7) is 6.58. The second kappa shape index (κ2) is 4.89. The monoisotopic (exact) mass is 252 g/mol. The maximum absolute atomic E-state index is 6.07. The quantitative estimate of drug-likeness (QED) is 0.725. The second-order valence-electron chi connectivity index (χ2n) is 5.56. The van der Waals surface area contributed by atoms with Crippen molar-refractivity contribution in [1.82, 2.24) is 0 Å². The number of benzene rings is 1. The van der Waals surface area contributed by atoms with Gasteiger partial charge in [-0.3, -0.25) is 0 Å². The highest BCUT2D eigenvalue weighted by molar-refractivity contribution is 6.18. The molecule has 0 saturated carbocycles. The van der Waals surface area contributed by atoms with E-state index in [-0.39, 0.29) is 5.41 Å². The number of fused-ring (bicyclic) bond motifs is 1. The van der Waals surface area contributed by atoms with Gasteiger partial charge < -0.3 is 4.74 Å². The Hall–Kier alpha value is -0.690. The first-order valence-corrected chi connectivity index (χ1v) is 6.92. The molecule has 17 heavy (non-hydrogen) atoms. The Balaban J connectivity index is 2.05. The lowest BCUT2D eigenvalue weighted by atomic mass is 9.83. The van der Waals surface area contributed by atoms with Gasteiger partial charge in [0, 0.05) is 12.3 Å². The zero-order chi connectivity index (χ0) is 12.5. The maximum Gasteiger partial charge on any atom is 0.123 e. The topological polar surface area (TPSA) is 9.23 Å². The summed E-state index contributed by atoms with van der Waals surface area (Å²) < 4.78 is 6.00. The highest BCUT2D eigenvalue weighted by Crippen LogP contribution is 2.36. The van der Waals surface area contributed by atoms with E-state index < -0.39 is 0 Å². The van der Waals surface area contributed by atoms with Gasteiger partial charge in [0.05, 0.1) is 0 Å². The number of alkyl halides is 1. The van der Waals surface area contributed by atoms with Gasteiger partial charge in [0.2, 0.25) is 0 Å². The summed E-state index contributed by atoms with van der Waals surface area (Å²) in [4.78, 5) is 0. The minimum absolute atomic E-state index is 0.198. The number of ether oxygens (including phenoxy) is 1. The Morgan fingerprint density at radius 3 is 2.88 bits per heavy atom. The van der Waals surface area contributed by atoms with E-state index in [0.29, 0.717) is 12.0 Å². The fourth-order valence-electron chi connectivity index (χ4n) is 2.41. The van der Waals surface area contributed by atoms with Gasteiger partial charge in [0.15, 0.2) is 0 Å². The van der Waals surface area contributed by atoms with E-state index in [2.05, 4.69) is 39.0 Å². The van der Waals surface area contributed by atoms with Gasteiger partial charge >= 0.3 is 0 Å². The molecule has 1 aliphatic rings. The van der Waals surface area contributed by atoms with Crippen molar-refractivity contribution < 1.29 is 4.74 Å². The molecule has 0 bridgehead atoms. The Bertz CT molecular complexity index is 396. The molecule has 1 aromatic carbocycles. The zero-order valence-corrected chi connectivity index (χ0v) is 11.7. The molecule has 0 N–H and O–H groups in total. The minimum Gasteiger partial charge on any atom is -0.490 e. The Labute approximate surface area is 109 Å². The first kappa shape index (κ1) is 12.8. The summed E-state index contributed by atoms with van der Waals surface area (Å²) in [5.74, 6) is 1.77. The van der Waals surface area contributed by atoms with Crippen LogP contribution in [-0.4, -0.2) is 12.0 Å². The third-order valence-corrected chi connectivity index (χ3v) is 4.50. The Morgan fingerprint density at radius 1 is 1.47 bits per heavy atom. The minimum atomic E-state index is 0.198. The lowest BCUT2D eigenvalue weighted by Gasteiger charge is -2.28. The number of rotatable bonds is 4. The van der Waals surface area contributed by atoms with Gasteiger partial charge in [-0.2, -0.15) is 0 Å². The molecular weight excluding hydrogens is 232 g/mol. The normalized spacial score (nSPS) is 21.8. The van der Waals surface area contributed by atoms with Crippen molar-refractivity contribution >= 4 is 11.6 Å². The van der Waals surface area contributed by atoms with Gasteiger partial charge in [0.1, 0.15) is 11.9 Å². The molecule has 1 nitrogen and oxygen atoms in total. The second-order valence-corrected chi connectivity index (χ2v) is 5.82. The summed E-state index contributed by atoms with van der Waals surface area (Å²) in [7, 11) is 0. The predicted molar refractivity (Wildman–Crippen MR) is 73.0 cm³/mol. The van der Waals surface area contributed by atoms with Crippen LogP contribution in [0, 0.1) is 12.3 Å². The summed E-state index contributed by atoms with van der Waals surface area (Å²) >= 11 is 6.07. The SMILES string of the molecule is CCC(C)(CCl)CC1Cc2cc(C)ccc2O1. The van der Waals surface area contributed by atoms with E-state index >= 15 is 0 Å². The summed E-state index contributed by atoms with van der Waals surface area (Å²) in [6, 6.07) is 6.44. The van der Waals surface area contributed by atoms with Crippen LogP contribution in [0.2, 0.25) is 0 Å². The van der Waals surface area contributed by atoms with E-state index in [9.17, 15) is 0 Å². The van der Waals surface area contributed by atoms with Crippen LogP contribution in [0.25, 0.3) is 0 Å². The van der Waals surface area contributed by atoms with Crippen LogP contribution >= 0.6 is 11.6 Å². The van der Waals surface area contributed by atoms with Crippen molar-refractivity contribution in [3.05, 3.63) is 29.3 Å². The lowest BCUT2D eigenvalue weighted by molar-refractivity contribution is 0.155. The molecule has 0 saturated heterocycles. The number of hydrogen-bond donors (Lipinski definition) is 0. The van der Waals surface area contributed by atoms with Crippen molar-refractivity contribution in [3.8, 4) is 5.75 Å². The van der Waals surface area contributed by atoms with Crippen molar-refractivity contribution in [3.63, 3.8) is 0 Å². The van der Waals surface area contributed by atoms with Crippen LogP contribution in [0.5, 0.6) is 5.75 Å². The number of halogens is 1.